The van der Waals surface area contributed by atoms with Crippen molar-refractivity contribution in [2.75, 3.05) is 12.8 Å². The summed E-state index contributed by atoms with van der Waals surface area (Å²) in [6, 6.07) is 4.76. The maximum Gasteiger partial charge on any atom is 0.191 e. The molecule has 0 aromatic carbocycles. The van der Waals surface area contributed by atoms with Crippen molar-refractivity contribution in [2.24, 2.45) is 4.99 Å². The van der Waals surface area contributed by atoms with Gasteiger partial charge in [-0.15, -0.1) is 11.3 Å². The minimum atomic E-state index is -0.681. The van der Waals surface area contributed by atoms with Gasteiger partial charge in [-0.05, 0) is 37.8 Å². The second kappa shape index (κ2) is 9.42. The number of aryl methyl sites for hydroxylation is 1. The van der Waals surface area contributed by atoms with E-state index in [0.717, 1.165) is 50.4 Å². The highest BCUT2D eigenvalue weighted by Crippen LogP contribution is 2.23. The Balaban J connectivity index is 1.83. The second-order valence-corrected chi connectivity index (χ2v) is 9.21. The van der Waals surface area contributed by atoms with E-state index in [-0.39, 0.29) is 0 Å². The predicted molar refractivity (Wildman–Crippen MR) is 102 cm³/mol. The lowest BCUT2D eigenvalue weighted by Gasteiger charge is -2.30. The zero-order valence-corrected chi connectivity index (χ0v) is 16.1. The molecule has 2 N–H and O–H groups in total. The molecule has 130 valence electrons. The molecule has 0 aliphatic heterocycles. The summed E-state index contributed by atoms with van der Waals surface area (Å²) in [5.74, 6) is 1.62. The molecule has 2 rings (SSSR count). The van der Waals surface area contributed by atoms with Gasteiger partial charge in [0.2, 0.25) is 0 Å². The molecule has 0 saturated heterocycles. The molecule has 0 amide bonds. The standard InChI is InChI=1S/C17H29N3OS2/c1-4-14-9-10-15(22-14)12-19-17(18-3)20-13-7-6-8-16(11-13)23(21)5-2/h9-10,13,16H,4-8,11-12H2,1-3H3,(H2,18,19,20). The molecular weight excluding hydrogens is 326 g/mol. The topological polar surface area (TPSA) is 53.5 Å². The zero-order valence-electron chi connectivity index (χ0n) is 14.4. The summed E-state index contributed by atoms with van der Waals surface area (Å²) >= 11 is 1.85. The van der Waals surface area contributed by atoms with Crippen molar-refractivity contribution in [3.63, 3.8) is 0 Å². The number of hydrogen-bond donors (Lipinski definition) is 2. The Morgan fingerprint density at radius 2 is 2.13 bits per heavy atom. The molecule has 1 aliphatic rings. The van der Waals surface area contributed by atoms with Crippen LogP contribution in [-0.4, -0.2) is 34.3 Å². The van der Waals surface area contributed by atoms with Crippen molar-refractivity contribution in [2.45, 2.75) is 63.8 Å². The molecule has 1 aliphatic carbocycles. The first-order valence-corrected chi connectivity index (χ1v) is 10.8. The number of thiophene rings is 1. The number of nitrogens with zero attached hydrogens (tertiary/aromatic N) is 1. The minimum absolute atomic E-state index is 0.341. The van der Waals surface area contributed by atoms with Gasteiger partial charge in [0.15, 0.2) is 5.96 Å². The third-order valence-corrected chi connectivity index (χ3v) is 7.31. The average molecular weight is 356 g/mol. The van der Waals surface area contributed by atoms with Gasteiger partial charge in [0, 0.05) is 44.6 Å². The van der Waals surface area contributed by atoms with Crippen LogP contribution >= 0.6 is 11.3 Å². The van der Waals surface area contributed by atoms with Crippen LogP contribution in [0.25, 0.3) is 0 Å². The Morgan fingerprint density at radius 1 is 1.35 bits per heavy atom. The third-order valence-electron chi connectivity index (χ3n) is 4.34. The third kappa shape index (κ3) is 5.60. The summed E-state index contributed by atoms with van der Waals surface area (Å²) in [6.07, 6.45) is 5.46. The molecule has 1 aromatic heterocycles. The summed E-state index contributed by atoms with van der Waals surface area (Å²) in [4.78, 5) is 7.09. The fourth-order valence-electron chi connectivity index (χ4n) is 3.02. The van der Waals surface area contributed by atoms with Crippen molar-refractivity contribution in [3.8, 4) is 0 Å². The van der Waals surface area contributed by atoms with Crippen LogP contribution in [0.4, 0.5) is 0 Å². The first kappa shape index (κ1) is 18.5. The van der Waals surface area contributed by atoms with Crippen LogP contribution in [0.3, 0.4) is 0 Å². The van der Waals surface area contributed by atoms with Crippen molar-refractivity contribution < 1.29 is 4.21 Å². The van der Waals surface area contributed by atoms with Crippen LogP contribution in [0, 0.1) is 0 Å². The fraction of sp³-hybridized carbons (Fsp3) is 0.706. The summed E-state index contributed by atoms with van der Waals surface area (Å²) < 4.78 is 12.0. The van der Waals surface area contributed by atoms with Gasteiger partial charge >= 0.3 is 0 Å². The lowest BCUT2D eigenvalue weighted by atomic mass is 9.95. The van der Waals surface area contributed by atoms with Crippen LogP contribution in [0.5, 0.6) is 0 Å². The Morgan fingerprint density at radius 3 is 2.78 bits per heavy atom. The van der Waals surface area contributed by atoms with Crippen LogP contribution in [-0.2, 0) is 23.8 Å². The quantitative estimate of drug-likeness (QED) is 0.609. The highest BCUT2D eigenvalue weighted by atomic mass is 32.2. The number of hydrogen-bond acceptors (Lipinski definition) is 3. The smallest absolute Gasteiger partial charge is 0.191 e. The molecule has 0 radical (unpaired) electrons. The molecule has 4 nitrogen and oxygen atoms in total. The molecule has 0 bridgehead atoms. The van der Waals surface area contributed by atoms with Gasteiger partial charge in [-0.25, -0.2) is 0 Å². The first-order chi connectivity index (χ1) is 11.2. The lowest BCUT2D eigenvalue weighted by Crippen LogP contribution is -2.46. The van der Waals surface area contributed by atoms with Gasteiger partial charge in [0.25, 0.3) is 0 Å². The van der Waals surface area contributed by atoms with Crippen molar-refractivity contribution in [1.82, 2.24) is 10.6 Å². The summed E-state index contributed by atoms with van der Waals surface area (Å²) in [5, 5.41) is 7.26. The van der Waals surface area contributed by atoms with Crippen molar-refractivity contribution >= 4 is 28.1 Å². The highest BCUT2D eigenvalue weighted by Gasteiger charge is 2.25. The van der Waals surface area contributed by atoms with E-state index in [9.17, 15) is 4.21 Å². The van der Waals surface area contributed by atoms with Gasteiger partial charge in [-0.2, -0.15) is 0 Å². The van der Waals surface area contributed by atoms with Crippen LogP contribution in [0.2, 0.25) is 0 Å². The first-order valence-electron chi connectivity index (χ1n) is 8.58. The van der Waals surface area contributed by atoms with Crippen molar-refractivity contribution in [3.05, 3.63) is 21.9 Å². The van der Waals surface area contributed by atoms with Gasteiger partial charge in [0.05, 0.1) is 6.54 Å². The maximum absolute atomic E-state index is 12.0. The number of rotatable bonds is 6. The molecular formula is C17H29N3OS2. The highest BCUT2D eigenvalue weighted by molar-refractivity contribution is 7.85. The van der Waals surface area contributed by atoms with Crippen LogP contribution in [0.1, 0.15) is 49.3 Å². The van der Waals surface area contributed by atoms with Gasteiger partial charge < -0.3 is 10.6 Å². The molecule has 1 fully saturated rings. The molecule has 1 heterocycles. The molecule has 1 aromatic rings. The molecule has 1 saturated carbocycles. The Labute approximate surface area is 146 Å². The zero-order chi connectivity index (χ0) is 16.7. The Kier molecular flexibility index (Phi) is 7.56. The van der Waals surface area contributed by atoms with Gasteiger partial charge in [-0.3, -0.25) is 9.20 Å². The largest absolute Gasteiger partial charge is 0.354 e. The second-order valence-electron chi connectivity index (χ2n) is 5.95. The molecule has 6 heteroatoms. The monoisotopic (exact) mass is 355 g/mol. The summed E-state index contributed by atoms with van der Waals surface area (Å²) in [5.41, 5.74) is 0. The molecule has 3 atom stereocenters. The normalized spacial score (nSPS) is 23.5. The fourth-order valence-corrected chi connectivity index (χ4v) is 5.26. The maximum atomic E-state index is 12.0. The minimum Gasteiger partial charge on any atom is -0.354 e. The van der Waals surface area contributed by atoms with E-state index in [1.165, 1.54) is 9.75 Å². The van der Waals surface area contributed by atoms with E-state index >= 15 is 0 Å². The Hall–Kier alpha value is -0.880. The average Bonchev–Trinajstić information content (AvgIpc) is 3.06. The van der Waals surface area contributed by atoms with E-state index in [2.05, 4.69) is 34.7 Å². The lowest BCUT2D eigenvalue weighted by molar-refractivity contribution is 0.413. The molecule has 0 spiro atoms. The summed E-state index contributed by atoms with van der Waals surface area (Å²) in [7, 11) is 1.13. The SMILES string of the molecule is CCc1ccc(CNC(=NC)NC2CCCC(S(=O)CC)C2)s1. The van der Waals surface area contributed by atoms with Gasteiger partial charge in [0.1, 0.15) is 0 Å². The van der Waals surface area contributed by atoms with E-state index in [0.29, 0.717) is 11.3 Å². The van der Waals surface area contributed by atoms with Gasteiger partial charge in [-0.1, -0.05) is 20.3 Å². The number of aliphatic imine (C=N–C) groups is 1. The van der Waals surface area contributed by atoms with Crippen LogP contribution in [0.15, 0.2) is 17.1 Å². The molecule has 23 heavy (non-hydrogen) atoms. The van der Waals surface area contributed by atoms with E-state index in [1.54, 1.807) is 0 Å². The molecule has 3 unspecified atom stereocenters. The van der Waals surface area contributed by atoms with E-state index < -0.39 is 10.8 Å². The predicted octanol–water partition coefficient (Wildman–Crippen LogP) is 3.06. The van der Waals surface area contributed by atoms with Crippen LogP contribution < -0.4 is 10.6 Å². The van der Waals surface area contributed by atoms with E-state index in [1.807, 2.05) is 25.3 Å². The summed E-state index contributed by atoms with van der Waals surface area (Å²) in [6.45, 7) is 5.00. The Bertz CT molecular complexity index is 542. The number of nitrogens with one attached hydrogen (secondary N) is 2. The number of guanidine groups is 1. The van der Waals surface area contributed by atoms with E-state index in [4.69, 9.17) is 0 Å². The van der Waals surface area contributed by atoms with Crippen molar-refractivity contribution in [1.29, 1.82) is 0 Å².